The van der Waals surface area contributed by atoms with E-state index in [1.165, 1.54) is 51.4 Å². The van der Waals surface area contributed by atoms with E-state index in [2.05, 4.69) is 0 Å². The average Bonchev–Trinajstić information content (AvgIpc) is 2.34. The van der Waals surface area contributed by atoms with Crippen molar-refractivity contribution in [2.45, 2.75) is 72.6 Å². The van der Waals surface area contributed by atoms with Gasteiger partial charge in [-0.3, -0.25) is 0 Å². The third-order valence-corrected chi connectivity index (χ3v) is 10.1. The van der Waals surface area contributed by atoms with Gasteiger partial charge in [0.1, 0.15) is 0 Å². The fourth-order valence-corrected chi connectivity index (χ4v) is 9.31. The van der Waals surface area contributed by atoms with Gasteiger partial charge in [-0.05, 0) is 35.5 Å². The van der Waals surface area contributed by atoms with Crippen LogP contribution in [0.3, 0.4) is 0 Å². The van der Waals surface area contributed by atoms with Gasteiger partial charge in [-0.25, -0.2) is 0 Å². The number of hydrogen-bond acceptors (Lipinski definition) is 3. The summed E-state index contributed by atoms with van der Waals surface area (Å²) in [5.41, 5.74) is 0. The molecular weight excluding hydrogens is 311 g/mol. The highest BCUT2D eigenvalue weighted by Crippen LogP contribution is 2.48. The molecule has 0 saturated heterocycles. The molecule has 0 radical (unpaired) electrons. The van der Waals surface area contributed by atoms with Gasteiger partial charge in [-0.2, -0.15) is 0 Å². The first-order valence-corrected chi connectivity index (χ1v) is 11.0. The Labute approximate surface area is 127 Å². The molecule has 0 aromatic rings. The number of alkyl halides is 2. The highest BCUT2D eigenvalue weighted by atomic mass is 35.5. The van der Waals surface area contributed by atoms with Crippen LogP contribution in [0.4, 0.5) is 0 Å². The molecule has 0 amide bonds. The van der Waals surface area contributed by atoms with Crippen LogP contribution in [0.2, 0.25) is 0 Å². The third-order valence-electron chi connectivity index (χ3n) is 3.57. The molecule has 100 valence electrons. The van der Waals surface area contributed by atoms with Gasteiger partial charge in [-0.1, -0.05) is 47.3 Å². The van der Waals surface area contributed by atoms with E-state index in [0.717, 1.165) is 0 Å². The quantitative estimate of drug-likeness (QED) is 0.450. The molecule has 0 bridgehead atoms. The zero-order valence-corrected chi connectivity index (χ0v) is 13.9. The van der Waals surface area contributed by atoms with Crippen LogP contribution in [0.15, 0.2) is 0 Å². The van der Waals surface area contributed by atoms with Crippen LogP contribution in [0, 0.1) is 0 Å². The molecule has 4 atom stereocenters. The summed E-state index contributed by atoms with van der Waals surface area (Å²) in [6.45, 7) is 0. The van der Waals surface area contributed by atoms with Crippen molar-refractivity contribution in [2.75, 3.05) is 0 Å². The molecule has 2 saturated carbocycles. The second-order valence-electron chi connectivity index (χ2n) is 4.94. The second-order valence-corrected chi connectivity index (χ2v) is 10.6. The predicted molar refractivity (Wildman–Crippen MR) is 86.6 cm³/mol. The van der Waals surface area contributed by atoms with Gasteiger partial charge < -0.3 is 0 Å². The molecule has 2 fully saturated rings. The van der Waals surface area contributed by atoms with Crippen LogP contribution in [-0.4, -0.2) is 21.3 Å². The number of hydrogen-bond donors (Lipinski definition) is 0. The van der Waals surface area contributed by atoms with Crippen molar-refractivity contribution in [3.63, 3.8) is 0 Å². The van der Waals surface area contributed by atoms with E-state index < -0.39 is 0 Å². The monoisotopic (exact) mass is 330 g/mol. The minimum Gasteiger partial charge on any atom is -0.122 e. The van der Waals surface area contributed by atoms with Crippen molar-refractivity contribution in [1.29, 1.82) is 0 Å². The topological polar surface area (TPSA) is 0 Å². The molecule has 0 heterocycles. The number of halogens is 2. The summed E-state index contributed by atoms with van der Waals surface area (Å²) in [5, 5.41) is 2.08. The van der Waals surface area contributed by atoms with E-state index in [1.54, 1.807) is 0 Å². The Kier molecular flexibility index (Phi) is 7.10. The van der Waals surface area contributed by atoms with Gasteiger partial charge in [0.25, 0.3) is 0 Å². The first-order valence-electron chi connectivity index (χ1n) is 6.54. The Hall–Kier alpha value is 1.63. The predicted octanol–water partition coefficient (Wildman–Crippen LogP) is 6.12. The first-order chi connectivity index (χ1) is 8.27. The molecule has 0 aromatic heterocycles. The molecule has 2 aliphatic rings. The molecule has 2 aliphatic carbocycles. The molecule has 0 nitrogen and oxygen atoms in total. The van der Waals surface area contributed by atoms with Gasteiger partial charge >= 0.3 is 0 Å². The lowest BCUT2D eigenvalue weighted by atomic mass is 10.00. The average molecular weight is 331 g/mol. The largest absolute Gasteiger partial charge is 0.122 e. The zero-order chi connectivity index (χ0) is 12.1. The van der Waals surface area contributed by atoms with Crippen LogP contribution in [0.5, 0.6) is 0 Å². The van der Waals surface area contributed by atoms with Gasteiger partial charge in [0.15, 0.2) is 0 Å². The standard InChI is InChI=1S/C12H20Cl2S3/c13-9-5-1-3-7-11(9)15-17-16-12-8-4-2-6-10(12)14/h9-12H,1-8H2. The molecular formula is C12H20Cl2S3. The molecule has 17 heavy (non-hydrogen) atoms. The van der Waals surface area contributed by atoms with Gasteiger partial charge in [0.05, 0.1) is 0 Å². The SMILES string of the molecule is ClC1CCCCC1SSSC1CCCCC1Cl. The summed E-state index contributed by atoms with van der Waals surface area (Å²) in [5.74, 6) is 0. The number of rotatable bonds is 4. The highest BCUT2D eigenvalue weighted by molar-refractivity contribution is 9.09. The second kappa shape index (κ2) is 8.04. The van der Waals surface area contributed by atoms with Gasteiger partial charge in [0.2, 0.25) is 0 Å². The first kappa shape index (κ1) is 15.0. The molecule has 0 aromatic carbocycles. The summed E-state index contributed by atoms with van der Waals surface area (Å²) < 4.78 is 0. The Morgan fingerprint density at radius 3 is 1.47 bits per heavy atom. The van der Waals surface area contributed by atoms with Crippen LogP contribution >= 0.6 is 54.6 Å². The third kappa shape index (κ3) is 4.91. The lowest BCUT2D eigenvalue weighted by Gasteiger charge is -2.28. The van der Waals surface area contributed by atoms with E-state index in [-0.39, 0.29) is 0 Å². The van der Waals surface area contributed by atoms with E-state index in [0.29, 0.717) is 21.3 Å². The van der Waals surface area contributed by atoms with Crippen molar-refractivity contribution in [1.82, 2.24) is 0 Å². The van der Waals surface area contributed by atoms with Crippen molar-refractivity contribution >= 4 is 54.6 Å². The molecule has 0 spiro atoms. The maximum absolute atomic E-state index is 6.36. The van der Waals surface area contributed by atoms with E-state index >= 15 is 0 Å². The van der Waals surface area contributed by atoms with Crippen molar-refractivity contribution < 1.29 is 0 Å². The maximum Gasteiger partial charge on any atom is 0.0463 e. The summed E-state index contributed by atoms with van der Waals surface area (Å²) in [4.78, 5) is 0. The van der Waals surface area contributed by atoms with E-state index in [1.807, 2.05) is 31.4 Å². The molecule has 5 heteroatoms. The lowest BCUT2D eigenvalue weighted by Crippen LogP contribution is -2.22. The summed E-state index contributed by atoms with van der Waals surface area (Å²) in [6, 6.07) is 0. The summed E-state index contributed by atoms with van der Waals surface area (Å²) >= 11 is 12.7. The smallest absolute Gasteiger partial charge is 0.0463 e. The van der Waals surface area contributed by atoms with Crippen LogP contribution < -0.4 is 0 Å². The Morgan fingerprint density at radius 1 is 0.647 bits per heavy atom. The molecule has 4 unspecified atom stereocenters. The Morgan fingerprint density at radius 2 is 1.06 bits per heavy atom. The lowest BCUT2D eigenvalue weighted by molar-refractivity contribution is 0.524. The fourth-order valence-electron chi connectivity index (χ4n) is 2.44. The van der Waals surface area contributed by atoms with Crippen molar-refractivity contribution in [3.05, 3.63) is 0 Å². The van der Waals surface area contributed by atoms with Crippen LogP contribution in [-0.2, 0) is 0 Å². The maximum atomic E-state index is 6.36. The van der Waals surface area contributed by atoms with Crippen LogP contribution in [0.1, 0.15) is 51.4 Å². The summed E-state index contributed by atoms with van der Waals surface area (Å²) in [7, 11) is 5.92. The van der Waals surface area contributed by atoms with Gasteiger partial charge in [-0.15, -0.1) is 23.2 Å². The Balaban J connectivity index is 1.64. The molecule has 0 aliphatic heterocycles. The Bertz CT molecular complexity index is 206. The van der Waals surface area contributed by atoms with E-state index in [9.17, 15) is 0 Å². The van der Waals surface area contributed by atoms with E-state index in [4.69, 9.17) is 23.2 Å². The minimum absolute atomic E-state index is 0.389. The summed E-state index contributed by atoms with van der Waals surface area (Å²) in [6.07, 6.45) is 10.3. The minimum atomic E-state index is 0.389. The van der Waals surface area contributed by atoms with Crippen LogP contribution in [0.25, 0.3) is 0 Å². The highest BCUT2D eigenvalue weighted by Gasteiger charge is 2.27. The zero-order valence-electron chi connectivity index (χ0n) is 9.95. The van der Waals surface area contributed by atoms with Crippen molar-refractivity contribution in [3.8, 4) is 0 Å². The van der Waals surface area contributed by atoms with Crippen molar-refractivity contribution in [2.24, 2.45) is 0 Å². The molecule has 2 rings (SSSR count). The fraction of sp³-hybridized carbons (Fsp3) is 1.00. The normalized spacial score (nSPS) is 39.2. The van der Waals surface area contributed by atoms with Gasteiger partial charge in [0, 0.05) is 21.3 Å². The molecule has 0 N–H and O–H groups in total.